The first-order valence-electron chi connectivity index (χ1n) is 5.12. The minimum atomic E-state index is -0.376. The average molecular weight is 280 g/mol. The van der Waals surface area contributed by atoms with Gasteiger partial charge in [0.25, 0.3) is 0 Å². The lowest BCUT2D eigenvalue weighted by molar-refractivity contribution is 0.132. The Bertz CT molecular complexity index is 370. The van der Waals surface area contributed by atoms with Crippen molar-refractivity contribution < 1.29 is 9.84 Å². The van der Waals surface area contributed by atoms with E-state index in [4.69, 9.17) is 22.1 Å². The smallest absolute Gasteiger partial charge is 0.137 e. The predicted molar refractivity (Wildman–Crippen MR) is 73.0 cm³/mol. The van der Waals surface area contributed by atoms with Crippen LogP contribution in [-0.4, -0.2) is 18.8 Å². The molecule has 98 valence electrons. The molecule has 1 rings (SSSR count). The van der Waals surface area contributed by atoms with Crippen molar-refractivity contribution in [3.8, 4) is 5.75 Å². The van der Waals surface area contributed by atoms with E-state index in [-0.39, 0.29) is 30.5 Å². The summed E-state index contributed by atoms with van der Waals surface area (Å²) in [5.41, 5.74) is 6.63. The molecule has 0 heterocycles. The number of hydrogen-bond acceptors (Lipinski definition) is 3. The molecule has 1 aromatic rings. The van der Waals surface area contributed by atoms with Crippen LogP contribution >= 0.6 is 24.0 Å². The topological polar surface area (TPSA) is 55.5 Å². The van der Waals surface area contributed by atoms with Gasteiger partial charge < -0.3 is 15.6 Å². The Hall–Kier alpha value is -0.480. The summed E-state index contributed by atoms with van der Waals surface area (Å²) < 4.78 is 5.13. The third-order valence-electron chi connectivity index (χ3n) is 2.78. The highest BCUT2D eigenvalue weighted by atomic mass is 35.5. The van der Waals surface area contributed by atoms with Crippen LogP contribution in [0.1, 0.15) is 25.5 Å². The van der Waals surface area contributed by atoms with Crippen molar-refractivity contribution in [1.82, 2.24) is 0 Å². The molecule has 0 aliphatic heterocycles. The molecule has 0 unspecified atom stereocenters. The van der Waals surface area contributed by atoms with Crippen LogP contribution in [0.25, 0.3) is 0 Å². The SMILES string of the molecule is COc1cc([C@H](N)C(C)(C)CO)ccc1Cl.Cl. The standard InChI is InChI=1S/C12H18ClNO2.ClH/c1-12(2,7-15)11(14)8-4-5-9(13)10(6-8)16-3;/h4-6,11,15H,7,14H2,1-3H3;1H/t11-;/m0./s1. The number of benzene rings is 1. The Balaban J connectivity index is 0.00000256. The van der Waals surface area contributed by atoms with E-state index in [9.17, 15) is 5.11 Å². The van der Waals surface area contributed by atoms with Crippen molar-refractivity contribution in [1.29, 1.82) is 0 Å². The molecule has 0 amide bonds. The van der Waals surface area contributed by atoms with E-state index in [0.29, 0.717) is 10.8 Å². The zero-order chi connectivity index (χ0) is 12.3. The normalized spacial score (nSPS) is 12.8. The second kappa shape index (κ2) is 6.45. The van der Waals surface area contributed by atoms with Gasteiger partial charge in [0.2, 0.25) is 0 Å². The maximum atomic E-state index is 9.27. The molecule has 0 spiro atoms. The summed E-state index contributed by atoms with van der Waals surface area (Å²) in [5.74, 6) is 0.600. The lowest BCUT2D eigenvalue weighted by atomic mass is 9.82. The van der Waals surface area contributed by atoms with Crippen LogP contribution < -0.4 is 10.5 Å². The first kappa shape index (κ1) is 16.5. The van der Waals surface area contributed by atoms with Gasteiger partial charge in [0.1, 0.15) is 5.75 Å². The third-order valence-corrected chi connectivity index (χ3v) is 3.10. The largest absolute Gasteiger partial charge is 0.495 e. The molecular formula is C12H19Cl2NO2. The summed E-state index contributed by atoms with van der Waals surface area (Å²) >= 11 is 5.93. The van der Waals surface area contributed by atoms with Crippen molar-refractivity contribution in [2.45, 2.75) is 19.9 Å². The molecule has 17 heavy (non-hydrogen) atoms. The van der Waals surface area contributed by atoms with Gasteiger partial charge in [0.15, 0.2) is 0 Å². The molecule has 0 saturated carbocycles. The summed E-state index contributed by atoms with van der Waals surface area (Å²) in [4.78, 5) is 0. The van der Waals surface area contributed by atoms with Crippen molar-refractivity contribution in [3.63, 3.8) is 0 Å². The lowest BCUT2D eigenvalue weighted by Gasteiger charge is -2.30. The van der Waals surface area contributed by atoms with Crippen LogP contribution in [0.15, 0.2) is 18.2 Å². The minimum absolute atomic E-state index is 0. The zero-order valence-corrected chi connectivity index (χ0v) is 11.8. The monoisotopic (exact) mass is 279 g/mol. The highest BCUT2D eigenvalue weighted by Gasteiger charge is 2.27. The summed E-state index contributed by atoms with van der Waals surface area (Å²) in [6.45, 7) is 3.86. The Morgan fingerprint density at radius 3 is 2.53 bits per heavy atom. The molecule has 0 aromatic heterocycles. The number of aliphatic hydroxyl groups excluding tert-OH is 1. The number of ether oxygens (including phenoxy) is 1. The summed E-state index contributed by atoms with van der Waals surface area (Å²) in [6, 6.07) is 5.16. The van der Waals surface area contributed by atoms with E-state index in [1.54, 1.807) is 13.2 Å². The highest BCUT2D eigenvalue weighted by molar-refractivity contribution is 6.32. The molecule has 0 aliphatic rings. The quantitative estimate of drug-likeness (QED) is 0.891. The van der Waals surface area contributed by atoms with Gasteiger partial charge in [-0.05, 0) is 17.7 Å². The van der Waals surface area contributed by atoms with Gasteiger partial charge in [-0.1, -0.05) is 31.5 Å². The summed E-state index contributed by atoms with van der Waals surface area (Å²) in [5, 5.41) is 9.83. The number of nitrogens with two attached hydrogens (primary N) is 1. The van der Waals surface area contributed by atoms with Gasteiger partial charge in [-0.2, -0.15) is 0 Å². The fourth-order valence-corrected chi connectivity index (χ4v) is 1.61. The van der Waals surface area contributed by atoms with E-state index in [2.05, 4.69) is 0 Å². The number of halogens is 2. The maximum absolute atomic E-state index is 9.27. The maximum Gasteiger partial charge on any atom is 0.137 e. The fourth-order valence-electron chi connectivity index (χ4n) is 1.42. The van der Waals surface area contributed by atoms with Crippen LogP contribution in [0.5, 0.6) is 5.75 Å². The molecule has 5 heteroatoms. The van der Waals surface area contributed by atoms with Gasteiger partial charge in [-0.25, -0.2) is 0 Å². The Kier molecular flexibility index (Phi) is 6.27. The number of hydrogen-bond donors (Lipinski definition) is 2. The van der Waals surface area contributed by atoms with Gasteiger partial charge in [0.05, 0.1) is 12.1 Å². The van der Waals surface area contributed by atoms with Crippen molar-refractivity contribution in [2.75, 3.05) is 13.7 Å². The van der Waals surface area contributed by atoms with Crippen LogP contribution in [0.4, 0.5) is 0 Å². The van der Waals surface area contributed by atoms with Gasteiger partial charge in [-0.15, -0.1) is 12.4 Å². The summed E-state index contributed by atoms with van der Waals surface area (Å²) in [6.07, 6.45) is 0. The molecule has 3 nitrogen and oxygen atoms in total. The molecule has 0 aliphatic carbocycles. The molecule has 0 bridgehead atoms. The second-order valence-electron chi connectivity index (χ2n) is 4.52. The molecule has 0 radical (unpaired) electrons. The Morgan fingerprint density at radius 1 is 1.47 bits per heavy atom. The van der Waals surface area contributed by atoms with Crippen molar-refractivity contribution in [2.24, 2.45) is 11.1 Å². The number of aliphatic hydroxyl groups is 1. The summed E-state index contributed by atoms with van der Waals surface area (Å²) in [7, 11) is 1.56. The molecule has 0 saturated heterocycles. The first-order valence-corrected chi connectivity index (χ1v) is 5.50. The highest BCUT2D eigenvalue weighted by Crippen LogP contribution is 2.34. The van der Waals surface area contributed by atoms with Gasteiger partial charge in [0, 0.05) is 18.1 Å². The average Bonchev–Trinajstić information content (AvgIpc) is 2.28. The number of rotatable bonds is 4. The second-order valence-corrected chi connectivity index (χ2v) is 4.93. The molecular weight excluding hydrogens is 261 g/mol. The van der Waals surface area contributed by atoms with Crippen molar-refractivity contribution >= 4 is 24.0 Å². The molecule has 1 atom stereocenters. The number of methoxy groups -OCH3 is 1. The Labute approximate surface area is 113 Å². The zero-order valence-electron chi connectivity index (χ0n) is 10.2. The van der Waals surface area contributed by atoms with Crippen LogP contribution in [0, 0.1) is 5.41 Å². The Morgan fingerprint density at radius 2 is 2.06 bits per heavy atom. The molecule has 0 fully saturated rings. The molecule has 3 N–H and O–H groups in total. The van der Waals surface area contributed by atoms with Crippen LogP contribution in [0.3, 0.4) is 0 Å². The fraction of sp³-hybridized carbons (Fsp3) is 0.500. The molecule has 1 aromatic carbocycles. The lowest BCUT2D eigenvalue weighted by Crippen LogP contribution is -2.32. The van der Waals surface area contributed by atoms with E-state index in [1.165, 1.54) is 0 Å². The van der Waals surface area contributed by atoms with Gasteiger partial charge >= 0.3 is 0 Å². The van der Waals surface area contributed by atoms with Crippen LogP contribution in [-0.2, 0) is 0 Å². The first-order chi connectivity index (χ1) is 7.42. The van der Waals surface area contributed by atoms with Crippen molar-refractivity contribution in [3.05, 3.63) is 28.8 Å². The predicted octanol–water partition coefficient (Wildman–Crippen LogP) is 2.79. The van der Waals surface area contributed by atoms with E-state index < -0.39 is 0 Å². The third kappa shape index (κ3) is 3.75. The van der Waals surface area contributed by atoms with Crippen LogP contribution in [0.2, 0.25) is 5.02 Å². The van der Waals surface area contributed by atoms with Gasteiger partial charge in [-0.3, -0.25) is 0 Å². The van der Waals surface area contributed by atoms with E-state index in [1.807, 2.05) is 26.0 Å². The van der Waals surface area contributed by atoms with E-state index in [0.717, 1.165) is 5.56 Å². The van der Waals surface area contributed by atoms with E-state index >= 15 is 0 Å². The minimum Gasteiger partial charge on any atom is -0.495 e.